The van der Waals surface area contributed by atoms with Crippen molar-refractivity contribution in [3.63, 3.8) is 0 Å². The van der Waals surface area contributed by atoms with Crippen LogP contribution >= 0.6 is 0 Å². The van der Waals surface area contributed by atoms with E-state index in [1.54, 1.807) is 0 Å². The van der Waals surface area contributed by atoms with Crippen LogP contribution < -0.4 is 5.73 Å². The van der Waals surface area contributed by atoms with Crippen LogP contribution in [0.1, 0.15) is 18.9 Å². The Labute approximate surface area is 96.7 Å². The van der Waals surface area contributed by atoms with Crippen LogP contribution in [0.5, 0.6) is 0 Å². The van der Waals surface area contributed by atoms with Crippen molar-refractivity contribution in [1.82, 2.24) is 0 Å². The highest BCUT2D eigenvalue weighted by Crippen LogP contribution is 2.35. The van der Waals surface area contributed by atoms with Gasteiger partial charge in [0.2, 0.25) is 0 Å². The minimum absolute atomic E-state index is 0.151. The maximum atomic E-state index is 13.6. The van der Waals surface area contributed by atoms with Crippen LogP contribution in [0.15, 0.2) is 12.1 Å². The van der Waals surface area contributed by atoms with Gasteiger partial charge in [-0.15, -0.1) is 0 Å². The summed E-state index contributed by atoms with van der Waals surface area (Å²) in [6.45, 7) is 0.720. The number of aliphatic hydroxyl groups excluding tert-OH is 1. The van der Waals surface area contributed by atoms with Crippen LogP contribution in [0.2, 0.25) is 0 Å². The molecule has 4 nitrogen and oxygen atoms in total. The zero-order valence-corrected chi connectivity index (χ0v) is 9.20. The second-order valence-electron chi connectivity index (χ2n) is 3.94. The SMILES string of the molecule is CC(CCO)(C(=O)O)c1c(N)ccc(F)c1F. The number of halogens is 2. The third-order valence-electron chi connectivity index (χ3n) is 2.76. The fourth-order valence-corrected chi connectivity index (χ4v) is 1.69. The van der Waals surface area contributed by atoms with Crippen LogP contribution in [-0.2, 0) is 10.2 Å². The van der Waals surface area contributed by atoms with Gasteiger partial charge in [0, 0.05) is 17.9 Å². The molecule has 0 heterocycles. The quantitative estimate of drug-likeness (QED) is 0.697. The molecule has 0 radical (unpaired) electrons. The van der Waals surface area contributed by atoms with Gasteiger partial charge in [-0.3, -0.25) is 4.79 Å². The summed E-state index contributed by atoms with van der Waals surface area (Å²) < 4.78 is 26.7. The third kappa shape index (κ3) is 2.21. The molecule has 94 valence electrons. The van der Waals surface area contributed by atoms with E-state index in [0.29, 0.717) is 0 Å². The Morgan fingerprint density at radius 1 is 1.47 bits per heavy atom. The molecule has 1 unspecified atom stereocenters. The lowest BCUT2D eigenvalue weighted by Crippen LogP contribution is -2.35. The molecule has 0 saturated heterocycles. The molecule has 0 aliphatic heterocycles. The van der Waals surface area contributed by atoms with Crippen molar-refractivity contribution in [1.29, 1.82) is 0 Å². The Morgan fingerprint density at radius 3 is 2.53 bits per heavy atom. The molecule has 0 saturated carbocycles. The molecule has 0 spiro atoms. The molecule has 1 atom stereocenters. The molecule has 17 heavy (non-hydrogen) atoms. The van der Waals surface area contributed by atoms with Crippen molar-refractivity contribution in [2.24, 2.45) is 0 Å². The third-order valence-corrected chi connectivity index (χ3v) is 2.76. The number of anilines is 1. The van der Waals surface area contributed by atoms with Gasteiger partial charge in [0.25, 0.3) is 0 Å². The average molecular weight is 245 g/mol. The molecule has 0 aliphatic carbocycles. The van der Waals surface area contributed by atoms with E-state index in [1.165, 1.54) is 6.92 Å². The van der Waals surface area contributed by atoms with Crippen molar-refractivity contribution >= 4 is 11.7 Å². The van der Waals surface area contributed by atoms with E-state index in [1.807, 2.05) is 0 Å². The van der Waals surface area contributed by atoms with E-state index in [-0.39, 0.29) is 12.1 Å². The molecule has 0 amide bonds. The topological polar surface area (TPSA) is 83.5 Å². The van der Waals surface area contributed by atoms with E-state index >= 15 is 0 Å². The first-order chi connectivity index (χ1) is 7.84. The van der Waals surface area contributed by atoms with Crippen LogP contribution in [-0.4, -0.2) is 22.8 Å². The van der Waals surface area contributed by atoms with Gasteiger partial charge >= 0.3 is 5.97 Å². The smallest absolute Gasteiger partial charge is 0.314 e. The minimum Gasteiger partial charge on any atom is -0.481 e. The van der Waals surface area contributed by atoms with Crippen molar-refractivity contribution < 1.29 is 23.8 Å². The van der Waals surface area contributed by atoms with E-state index in [4.69, 9.17) is 15.9 Å². The molecule has 1 aromatic carbocycles. The highest BCUT2D eigenvalue weighted by molar-refractivity contribution is 5.83. The summed E-state index contributed by atoms with van der Waals surface area (Å²) in [5.41, 5.74) is 3.15. The Hall–Kier alpha value is -1.69. The van der Waals surface area contributed by atoms with Gasteiger partial charge in [-0.2, -0.15) is 0 Å². The monoisotopic (exact) mass is 245 g/mol. The second-order valence-corrected chi connectivity index (χ2v) is 3.94. The highest BCUT2D eigenvalue weighted by atomic mass is 19.2. The molecule has 0 bridgehead atoms. The number of rotatable bonds is 4. The number of aliphatic carboxylic acids is 1. The van der Waals surface area contributed by atoms with Crippen molar-refractivity contribution in [2.45, 2.75) is 18.8 Å². The average Bonchev–Trinajstić information content (AvgIpc) is 2.24. The largest absolute Gasteiger partial charge is 0.481 e. The van der Waals surface area contributed by atoms with Gasteiger partial charge in [-0.05, 0) is 25.5 Å². The molecule has 6 heteroatoms. The fraction of sp³-hybridized carbons (Fsp3) is 0.364. The zero-order chi connectivity index (χ0) is 13.2. The van der Waals surface area contributed by atoms with Gasteiger partial charge in [0.05, 0.1) is 5.41 Å². The summed E-state index contributed by atoms with van der Waals surface area (Å²) in [4.78, 5) is 11.2. The summed E-state index contributed by atoms with van der Waals surface area (Å²) in [7, 11) is 0. The van der Waals surface area contributed by atoms with Crippen molar-refractivity contribution in [3.05, 3.63) is 29.3 Å². The molecule has 0 fully saturated rings. The number of hydrogen-bond donors (Lipinski definition) is 3. The van der Waals surface area contributed by atoms with Gasteiger partial charge < -0.3 is 15.9 Å². The summed E-state index contributed by atoms with van der Waals surface area (Å²) in [6.07, 6.45) is -0.257. The first-order valence-electron chi connectivity index (χ1n) is 4.92. The molecule has 0 aromatic heterocycles. The van der Waals surface area contributed by atoms with Gasteiger partial charge in [-0.1, -0.05) is 0 Å². The molecular formula is C11H13F2NO3. The standard InChI is InChI=1S/C11H13F2NO3/c1-11(4-5-15,10(16)17)8-7(14)3-2-6(12)9(8)13/h2-3,15H,4-5,14H2,1H3,(H,16,17). The summed E-state index contributed by atoms with van der Waals surface area (Å²) in [5, 5.41) is 17.9. The van der Waals surface area contributed by atoms with Crippen LogP contribution in [0.4, 0.5) is 14.5 Å². The lowest BCUT2D eigenvalue weighted by atomic mass is 9.78. The fourth-order valence-electron chi connectivity index (χ4n) is 1.69. The number of hydrogen-bond acceptors (Lipinski definition) is 3. The first-order valence-corrected chi connectivity index (χ1v) is 4.92. The Bertz CT molecular complexity index is 451. The number of aliphatic hydroxyl groups is 1. The van der Waals surface area contributed by atoms with Gasteiger partial charge in [0.15, 0.2) is 11.6 Å². The zero-order valence-electron chi connectivity index (χ0n) is 9.20. The number of carboxylic acids is 1. The van der Waals surface area contributed by atoms with E-state index in [0.717, 1.165) is 12.1 Å². The van der Waals surface area contributed by atoms with E-state index < -0.39 is 35.2 Å². The number of carbonyl (C=O) groups is 1. The number of carboxylic acid groups (broad SMARTS) is 1. The summed E-state index contributed by atoms with van der Waals surface area (Å²) in [6, 6.07) is 1.93. The molecule has 1 aromatic rings. The number of benzene rings is 1. The normalized spacial score (nSPS) is 14.4. The molecular weight excluding hydrogens is 232 g/mol. The number of nitrogen functional groups attached to an aromatic ring is 1. The molecule has 0 aliphatic rings. The summed E-state index contributed by atoms with van der Waals surface area (Å²) in [5.74, 6) is -3.83. The van der Waals surface area contributed by atoms with Gasteiger partial charge in [0.1, 0.15) is 0 Å². The van der Waals surface area contributed by atoms with E-state index in [2.05, 4.69) is 0 Å². The second kappa shape index (κ2) is 4.67. The van der Waals surface area contributed by atoms with Crippen molar-refractivity contribution in [3.8, 4) is 0 Å². The van der Waals surface area contributed by atoms with Crippen LogP contribution in [0, 0.1) is 11.6 Å². The minimum atomic E-state index is -1.76. The van der Waals surface area contributed by atoms with Crippen molar-refractivity contribution in [2.75, 3.05) is 12.3 Å². The lowest BCUT2D eigenvalue weighted by Gasteiger charge is -2.26. The maximum Gasteiger partial charge on any atom is 0.314 e. The lowest BCUT2D eigenvalue weighted by molar-refractivity contribution is -0.144. The number of nitrogens with two attached hydrogens (primary N) is 1. The van der Waals surface area contributed by atoms with Crippen LogP contribution in [0.3, 0.4) is 0 Å². The van der Waals surface area contributed by atoms with E-state index in [9.17, 15) is 13.6 Å². The summed E-state index contributed by atoms with van der Waals surface area (Å²) >= 11 is 0. The highest BCUT2D eigenvalue weighted by Gasteiger charge is 2.39. The molecule has 4 N–H and O–H groups in total. The predicted molar refractivity (Wildman–Crippen MR) is 57.5 cm³/mol. The first kappa shape index (κ1) is 13.4. The van der Waals surface area contributed by atoms with Crippen LogP contribution in [0.25, 0.3) is 0 Å². The Kier molecular flexibility index (Phi) is 3.67. The Balaban J connectivity index is 3.48. The molecule has 1 rings (SSSR count). The maximum absolute atomic E-state index is 13.6. The predicted octanol–water partition coefficient (Wildman–Crippen LogP) is 1.27. The van der Waals surface area contributed by atoms with Gasteiger partial charge in [-0.25, -0.2) is 8.78 Å². The Morgan fingerprint density at radius 2 is 2.06 bits per heavy atom.